The smallest absolute Gasteiger partial charge is 0.119 e. The fourth-order valence-corrected chi connectivity index (χ4v) is 3.18. The summed E-state index contributed by atoms with van der Waals surface area (Å²) in [5, 5.41) is 10.5. The molecule has 4 heteroatoms. The Kier molecular flexibility index (Phi) is 4.24. The molecule has 110 valence electrons. The Bertz CT molecular complexity index is 434. The second kappa shape index (κ2) is 6.12. The van der Waals surface area contributed by atoms with E-state index in [1.807, 2.05) is 31.2 Å². The lowest BCUT2D eigenvalue weighted by molar-refractivity contribution is -0.103. The summed E-state index contributed by atoms with van der Waals surface area (Å²) in [6.45, 7) is 5.34. The zero-order valence-corrected chi connectivity index (χ0v) is 12.0. The van der Waals surface area contributed by atoms with Crippen molar-refractivity contribution < 1.29 is 14.6 Å². The number of rotatable bonds is 4. The minimum atomic E-state index is -0.563. The average Bonchev–Trinajstić information content (AvgIpc) is 2.95. The van der Waals surface area contributed by atoms with Crippen LogP contribution in [0.1, 0.15) is 31.4 Å². The van der Waals surface area contributed by atoms with Crippen molar-refractivity contribution in [3.05, 3.63) is 29.8 Å². The molecule has 2 aliphatic heterocycles. The van der Waals surface area contributed by atoms with Gasteiger partial charge in [0.25, 0.3) is 0 Å². The van der Waals surface area contributed by atoms with E-state index in [1.54, 1.807) is 0 Å². The van der Waals surface area contributed by atoms with Crippen LogP contribution in [-0.2, 0) is 4.74 Å². The van der Waals surface area contributed by atoms with Gasteiger partial charge in [-0.3, -0.25) is 4.90 Å². The summed E-state index contributed by atoms with van der Waals surface area (Å²) in [4.78, 5) is 2.45. The SMILES string of the molecule is CCOc1ccc(C(O)C2CN3CCCC3CO2)cc1. The molecule has 2 aliphatic rings. The van der Waals surface area contributed by atoms with E-state index in [9.17, 15) is 5.11 Å². The van der Waals surface area contributed by atoms with Crippen molar-refractivity contribution in [3.8, 4) is 5.75 Å². The second-order valence-corrected chi connectivity index (χ2v) is 5.61. The molecule has 0 bridgehead atoms. The predicted molar refractivity (Wildman–Crippen MR) is 76.9 cm³/mol. The molecule has 2 saturated heterocycles. The van der Waals surface area contributed by atoms with Gasteiger partial charge in [0, 0.05) is 12.6 Å². The fourth-order valence-electron chi connectivity index (χ4n) is 3.18. The molecule has 3 atom stereocenters. The van der Waals surface area contributed by atoms with E-state index in [0.717, 1.165) is 31.0 Å². The largest absolute Gasteiger partial charge is 0.494 e. The van der Waals surface area contributed by atoms with Crippen LogP contribution in [0.4, 0.5) is 0 Å². The first-order valence-corrected chi connectivity index (χ1v) is 7.54. The summed E-state index contributed by atoms with van der Waals surface area (Å²) in [7, 11) is 0. The Hall–Kier alpha value is -1.10. The molecule has 0 spiro atoms. The number of morpholine rings is 1. The minimum Gasteiger partial charge on any atom is -0.494 e. The first-order chi connectivity index (χ1) is 9.78. The van der Waals surface area contributed by atoms with Crippen LogP contribution in [0.25, 0.3) is 0 Å². The summed E-state index contributed by atoms with van der Waals surface area (Å²) < 4.78 is 11.3. The topological polar surface area (TPSA) is 41.9 Å². The Balaban J connectivity index is 1.64. The van der Waals surface area contributed by atoms with Crippen LogP contribution in [0.15, 0.2) is 24.3 Å². The lowest BCUT2D eigenvalue weighted by Crippen LogP contribution is -2.48. The van der Waals surface area contributed by atoms with Gasteiger partial charge in [-0.25, -0.2) is 0 Å². The first kappa shape index (κ1) is 13.9. The number of aliphatic hydroxyl groups excluding tert-OH is 1. The molecule has 0 saturated carbocycles. The molecule has 2 fully saturated rings. The zero-order valence-electron chi connectivity index (χ0n) is 12.0. The van der Waals surface area contributed by atoms with Gasteiger partial charge in [0.1, 0.15) is 18.0 Å². The van der Waals surface area contributed by atoms with Crippen molar-refractivity contribution >= 4 is 0 Å². The molecule has 1 aromatic rings. The monoisotopic (exact) mass is 277 g/mol. The lowest BCUT2D eigenvalue weighted by atomic mass is 10.0. The lowest BCUT2D eigenvalue weighted by Gasteiger charge is -2.37. The molecule has 0 aliphatic carbocycles. The van der Waals surface area contributed by atoms with Gasteiger partial charge in [-0.1, -0.05) is 12.1 Å². The van der Waals surface area contributed by atoms with Crippen LogP contribution in [0.2, 0.25) is 0 Å². The van der Waals surface area contributed by atoms with Gasteiger partial charge in [0.2, 0.25) is 0 Å². The van der Waals surface area contributed by atoms with E-state index in [4.69, 9.17) is 9.47 Å². The highest BCUT2D eigenvalue weighted by Gasteiger charge is 2.35. The molecule has 0 radical (unpaired) electrons. The molecule has 0 amide bonds. The summed E-state index contributed by atoms with van der Waals surface area (Å²) in [6.07, 6.45) is 1.79. The molecular weight excluding hydrogens is 254 g/mol. The molecule has 1 aromatic carbocycles. The van der Waals surface area contributed by atoms with Gasteiger partial charge in [0.15, 0.2) is 0 Å². The summed E-state index contributed by atoms with van der Waals surface area (Å²) in [5.41, 5.74) is 0.899. The number of fused-ring (bicyclic) bond motifs is 1. The third-order valence-corrected chi connectivity index (χ3v) is 4.30. The van der Waals surface area contributed by atoms with Crippen molar-refractivity contribution in [3.63, 3.8) is 0 Å². The Labute approximate surface area is 120 Å². The quantitative estimate of drug-likeness (QED) is 0.914. The molecule has 20 heavy (non-hydrogen) atoms. The van der Waals surface area contributed by atoms with Gasteiger partial charge in [-0.2, -0.15) is 0 Å². The highest BCUT2D eigenvalue weighted by atomic mass is 16.5. The van der Waals surface area contributed by atoms with Crippen molar-refractivity contribution in [2.24, 2.45) is 0 Å². The average molecular weight is 277 g/mol. The number of benzene rings is 1. The van der Waals surface area contributed by atoms with Crippen molar-refractivity contribution in [2.75, 3.05) is 26.3 Å². The van der Waals surface area contributed by atoms with Crippen molar-refractivity contribution in [1.82, 2.24) is 4.90 Å². The molecule has 2 heterocycles. The van der Waals surface area contributed by atoms with Crippen LogP contribution in [0.3, 0.4) is 0 Å². The van der Waals surface area contributed by atoms with Crippen LogP contribution < -0.4 is 4.74 Å². The number of aliphatic hydroxyl groups is 1. The van der Waals surface area contributed by atoms with Gasteiger partial charge < -0.3 is 14.6 Å². The third-order valence-electron chi connectivity index (χ3n) is 4.30. The van der Waals surface area contributed by atoms with Crippen LogP contribution >= 0.6 is 0 Å². The number of hydrogen-bond acceptors (Lipinski definition) is 4. The van der Waals surface area contributed by atoms with Crippen LogP contribution in [0, 0.1) is 0 Å². The molecule has 3 rings (SSSR count). The van der Waals surface area contributed by atoms with E-state index in [2.05, 4.69) is 4.90 Å². The Morgan fingerprint density at radius 3 is 2.95 bits per heavy atom. The second-order valence-electron chi connectivity index (χ2n) is 5.61. The number of hydrogen-bond donors (Lipinski definition) is 1. The molecule has 1 N–H and O–H groups in total. The van der Waals surface area contributed by atoms with Crippen molar-refractivity contribution in [1.29, 1.82) is 0 Å². The Morgan fingerprint density at radius 1 is 1.40 bits per heavy atom. The predicted octanol–water partition coefficient (Wildman–Crippen LogP) is 1.98. The molecule has 0 aromatic heterocycles. The number of nitrogens with zero attached hydrogens (tertiary/aromatic N) is 1. The van der Waals surface area contributed by atoms with Gasteiger partial charge >= 0.3 is 0 Å². The standard InChI is InChI=1S/C16H23NO3/c1-2-19-14-7-5-12(6-8-14)16(18)15-10-17-9-3-4-13(17)11-20-15/h5-8,13,15-16,18H,2-4,9-11H2,1H3. The van der Waals surface area contributed by atoms with E-state index >= 15 is 0 Å². The van der Waals surface area contributed by atoms with E-state index in [-0.39, 0.29) is 6.10 Å². The Morgan fingerprint density at radius 2 is 2.20 bits per heavy atom. The van der Waals surface area contributed by atoms with Gasteiger partial charge in [-0.15, -0.1) is 0 Å². The maximum atomic E-state index is 10.5. The molecule has 3 unspecified atom stereocenters. The van der Waals surface area contributed by atoms with Crippen LogP contribution in [0.5, 0.6) is 5.75 Å². The van der Waals surface area contributed by atoms with Crippen LogP contribution in [-0.4, -0.2) is 48.5 Å². The normalized spacial score (nSPS) is 28.1. The maximum Gasteiger partial charge on any atom is 0.119 e. The van der Waals surface area contributed by atoms with E-state index < -0.39 is 6.10 Å². The summed E-state index contributed by atoms with van der Waals surface area (Å²) in [5.74, 6) is 0.840. The molecule has 4 nitrogen and oxygen atoms in total. The first-order valence-electron chi connectivity index (χ1n) is 7.54. The van der Waals surface area contributed by atoms with E-state index in [0.29, 0.717) is 12.6 Å². The third kappa shape index (κ3) is 2.82. The fraction of sp³-hybridized carbons (Fsp3) is 0.625. The summed E-state index contributed by atoms with van der Waals surface area (Å²) in [6, 6.07) is 8.23. The van der Waals surface area contributed by atoms with E-state index in [1.165, 1.54) is 12.8 Å². The van der Waals surface area contributed by atoms with Crippen molar-refractivity contribution in [2.45, 2.75) is 38.0 Å². The minimum absolute atomic E-state index is 0.123. The van der Waals surface area contributed by atoms with Gasteiger partial charge in [0.05, 0.1) is 13.2 Å². The summed E-state index contributed by atoms with van der Waals surface area (Å²) >= 11 is 0. The zero-order chi connectivity index (χ0) is 13.9. The van der Waals surface area contributed by atoms with Gasteiger partial charge in [-0.05, 0) is 44.0 Å². The highest BCUT2D eigenvalue weighted by molar-refractivity contribution is 5.29. The maximum absolute atomic E-state index is 10.5. The number of ether oxygens (including phenoxy) is 2. The molecular formula is C16H23NO3. The highest BCUT2D eigenvalue weighted by Crippen LogP contribution is 2.29.